The van der Waals surface area contributed by atoms with Crippen molar-refractivity contribution in [2.45, 2.75) is 6.42 Å². The van der Waals surface area contributed by atoms with Crippen LogP contribution in [-0.2, 0) is 6.42 Å². The van der Waals surface area contributed by atoms with Crippen LogP contribution in [0.2, 0.25) is 10.0 Å². The Labute approximate surface area is 136 Å². The number of nitrogens with one attached hydrogen (secondary N) is 1. The summed E-state index contributed by atoms with van der Waals surface area (Å²) in [6.45, 7) is 0. The van der Waals surface area contributed by atoms with Crippen LogP contribution >= 0.6 is 39.1 Å². The first-order valence-electron chi connectivity index (χ1n) is 6.02. The van der Waals surface area contributed by atoms with Crippen LogP contribution in [0.5, 0.6) is 0 Å². The van der Waals surface area contributed by atoms with E-state index in [1.165, 1.54) is 5.56 Å². The maximum absolute atomic E-state index is 12.1. The minimum absolute atomic E-state index is 0.266. The lowest BCUT2D eigenvalue weighted by molar-refractivity contribution is 0.102. The molecule has 2 nitrogen and oxygen atoms in total. The van der Waals surface area contributed by atoms with E-state index >= 15 is 0 Å². The predicted molar refractivity (Wildman–Crippen MR) is 88.4 cm³/mol. The van der Waals surface area contributed by atoms with Gasteiger partial charge in [-0.3, -0.25) is 4.79 Å². The lowest BCUT2D eigenvalue weighted by atomic mass is 10.1. The second-order valence-corrected chi connectivity index (χ2v) is 5.77. The lowest BCUT2D eigenvalue weighted by Crippen LogP contribution is -2.12. The van der Waals surface area contributed by atoms with Gasteiger partial charge in [0.15, 0.2) is 0 Å². The van der Waals surface area contributed by atoms with E-state index in [4.69, 9.17) is 23.2 Å². The van der Waals surface area contributed by atoms with E-state index in [1.807, 2.05) is 24.3 Å². The average molecular weight is 373 g/mol. The van der Waals surface area contributed by atoms with Crippen LogP contribution in [0, 0.1) is 0 Å². The van der Waals surface area contributed by atoms with E-state index in [0.717, 1.165) is 17.4 Å². The average Bonchev–Trinajstić information content (AvgIpc) is 2.44. The molecule has 1 N–H and O–H groups in total. The third-order valence-corrected chi connectivity index (χ3v) is 4.01. The highest BCUT2D eigenvalue weighted by Crippen LogP contribution is 2.26. The van der Waals surface area contributed by atoms with Crippen molar-refractivity contribution in [3.8, 4) is 0 Å². The Kier molecular flexibility index (Phi) is 5.46. The lowest BCUT2D eigenvalue weighted by Gasteiger charge is -2.08. The van der Waals surface area contributed by atoms with Gasteiger partial charge in [0.05, 0.1) is 15.6 Å². The second kappa shape index (κ2) is 7.11. The summed E-state index contributed by atoms with van der Waals surface area (Å²) in [7, 11) is 0. The van der Waals surface area contributed by atoms with Crippen molar-refractivity contribution in [1.82, 2.24) is 0 Å². The van der Waals surface area contributed by atoms with Gasteiger partial charge in [-0.05, 0) is 36.2 Å². The van der Waals surface area contributed by atoms with Crippen molar-refractivity contribution in [2.24, 2.45) is 0 Å². The van der Waals surface area contributed by atoms with Crippen molar-refractivity contribution in [3.05, 3.63) is 63.6 Å². The van der Waals surface area contributed by atoms with Gasteiger partial charge < -0.3 is 5.32 Å². The highest BCUT2D eigenvalue weighted by Gasteiger charge is 2.12. The molecule has 0 bridgehead atoms. The molecule has 0 heterocycles. The number of benzene rings is 2. The van der Waals surface area contributed by atoms with Crippen molar-refractivity contribution in [1.29, 1.82) is 0 Å². The Balaban J connectivity index is 2.13. The molecule has 0 aliphatic rings. The highest BCUT2D eigenvalue weighted by molar-refractivity contribution is 9.09. The molecule has 5 heteroatoms. The number of carbonyl (C=O) groups is 1. The fourth-order valence-electron chi connectivity index (χ4n) is 1.74. The number of carbonyl (C=O) groups excluding carboxylic acids is 1. The number of alkyl halides is 1. The van der Waals surface area contributed by atoms with Crippen molar-refractivity contribution >= 4 is 50.7 Å². The van der Waals surface area contributed by atoms with Gasteiger partial charge in [0.1, 0.15) is 0 Å². The molecule has 2 aromatic carbocycles. The van der Waals surface area contributed by atoms with E-state index in [9.17, 15) is 4.79 Å². The van der Waals surface area contributed by atoms with E-state index in [1.54, 1.807) is 18.2 Å². The summed E-state index contributed by atoms with van der Waals surface area (Å²) in [5.74, 6) is -0.272. The SMILES string of the molecule is O=C(Nc1ccc(CCBr)cc1)c1cccc(Cl)c1Cl. The summed E-state index contributed by atoms with van der Waals surface area (Å²) in [6.07, 6.45) is 0.953. The summed E-state index contributed by atoms with van der Waals surface area (Å²) >= 11 is 15.3. The molecule has 0 radical (unpaired) electrons. The maximum atomic E-state index is 12.1. The zero-order valence-electron chi connectivity index (χ0n) is 10.5. The third-order valence-electron chi connectivity index (χ3n) is 2.79. The summed E-state index contributed by atoms with van der Waals surface area (Å²) in [6, 6.07) is 12.7. The number of rotatable bonds is 4. The fourth-order valence-corrected chi connectivity index (χ4v) is 2.59. The Bertz CT molecular complexity index is 614. The molecular weight excluding hydrogens is 361 g/mol. The van der Waals surface area contributed by atoms with E-state index < -0.39 is 0 Å². The summed E-state index contributed by atoms with van der Waals surface area (Å²) in [5, 5.41) is 4.35. The van der Waals surface area contributed by atoms with Gasteiger partial charge in [-0.15, -0.1) is 0 Å². The standard InChI is InChI=1S/C15H12BrCl2NO/c16-9-8-10-4-6-11(7-5-10)19-15(20)12-2-1-3-13(17)14(12)18/h1-7H,8-9H2,(H,19,20). The molecular formula is C15H12BrCl2NO. The normalized spacial score (nSPS) is 10.3. The van der Waals surface area contributed by atoms with Gasteiger partial charge in [0, 0.05) is 11.0 Å². The number of anilines is 1. The van der Waals surface area contributed by atoms with Crippen LogP contribution in [0.3, 0.4) is 0 Å². The Morgan fingerprint density at radius 2 is 1.80 bits per heavy atom. The zero-order valence-corrected chi connectivity index (χ0v) is 13.6. The predicted octanol–water partition coefficient (Wildman–Crippen LogP) is 5.18. The molecule has 2 aromatic rings. The van der Waals surface area contributed by atoms with Gasteiger partial charge in [-0.1, -0.05) is 57.3 Å². The van der Waals surface area contributed by atoms with Gasteiger partial charge in [-0.25, -0.2) is 0 Å². The Morgan fingerprint density at radius 3 is 2.45 bits per heavy atom. The first-order chi connectivity index (χ1) is 9.61. The third kappa shape index (κ3) is 3.75. The van der Waals surface area contributed by atoms with Gasteiger partial charge in [0.25, 0.3) is 5.91 Å². The first-order valence-corrected chi connectivity index (χ1v) is 7.90. The molecule has 0 spiro atoms. The smallest absolute Gasteiger partial charge is 0.257 e. The van der Waals surface area contributed by atoms with Crippen LogP contribution < -0.4 is 5.32 Å². The number of hydrogen-bond acceptors (Lipinski definition) is 1. The molecule has 0 saturated heterocycles. The van der Waals surface area contributed by atoms with Crippen molar-refractivity contribution < 1.29 is 4.79 Å². The van der Waals surface area contributed by atoms with Crippen LogP contribution in [0.4, 0.5) is 5.69 Å². The summed E-state index contributed by atoms with van der Waals surface area (Å²) in [4.78, 5) is 12.1. The van der Waals surface area contributed by atoms with Gasteiger partial charge in [-0.2, -0.15) is 0 Å². The molecule has 0 saturated carbocycles. The summed E-state index contributed by atoms with van der Waals surface area (Å²) < 4.78 is 0. The summed E-state index contributed by atoms with van der Waals surface area (Å²) in [5.41, 5.74) is 2.30. The zero-order chi connectivity index (χ0) is 14.5. The largest absolute Gasteiger partial charge is 0.322 e. The van der Waals surface area contributed by atoms with E-state index in [2.05, 4.69) is 21.2 Å². The fraction of sp³-hybridized carbons (Fsp3) is 0.133. The van der Waals surface area contributed by atoms with E-state index in [-0.39, 0.29) is 10.9 Å². The molecule has 104 valence electrons. The Morgan fingerprint density at radius 1 is 1.10 bits per heavy atom. The molecule has 0 unspecified atom stereocenters. The maximum Gasteiger partial charge on any atom is 0.257 e. The molecule has 0 aromatic heterocycles. The molecule has 20 heavy (non-hydrogen) atoms. The minimum Gasteiger partial charge on any atom is -0.322 e. The molecule has 0 aliphatic carbocycles. The molecule has 0 atom stereocenters. The molecule has 2 rings (SSSR count). The Hall–Kier alpha value is -1.03. The number of hydrogen-bond donors (Lipinski definition) is 1. The van der Waals surface area contributed by atoms with Crippen LogP contribution in [-0.4, -0.2) is 11.2 Å². The first kappa shape index (κ1) is 15.4. The molecule has 0 fully saturated rings. The van der Waals surface area contributed by atoms with E-state index in [0.29, 0.717) is 10.6 Å². The topological polar surface area (TPSA) is 29.1 Å². The van der Waals surface area contributed by atoms with Gasteiger partial charge in [0.2, 0.25) is 0 Å². The minimum atomic E-state index is -0.272. The highest BCUT2D eigenvalue weighted by atomic mass is 79.9. The monoisotopic (exact) mass is 371 g/mol. The van der Waals surface area contributed by atoms with Crippen LogP contribution in [0.15, 0.2) is 42.5 Å². The second-order valence-electron chi connectivity index (χ2n) is 4.19. The quantitative estimate of drug-likeness (QED) is 0.735. The van der Waals surface area contributed by atoms with Crippen LogP contribution in [0.1, 0.15) is 15.9 Å². The van der Waals surface area contributed by atoms with Crippen LogP contribution in [0.25, 0.3) is 0 Å². The molecule has 1 amide bonds. The molecule has 0 aliphatic heterocycles. The van der Waals surface area contributed by atoms with Gasteiger partial charge >= 0.3 is 0 Å². The number of amides is 1. The number of halogens is 3. The number of aryl methyl sites for hydroxylation is 1. The van der Waals surface area contributed by atoms with Crippen molar-refractivity contribution in [2.75, 3.05) is 10.6 Å². The van der Waals surface area contributed by atoms with Crippen molar-refractivity contribution in [3.63, 3.8) is 0 Å².